The Balaban J connectivity index is 2.10. The third-order valence-corrected chi connectivity index (χ3v) is 3.55. The lowest BCUT2D eigenvalue weighted by molar-refractivity contribution is 0.414. The van der Waals surface area contributed by atoms with Crippen molar-refractivity contribution >= 4 is 10.9 Å². The molecule has 2 nitrogen and oxygen atoms in total. The fourth-order valence-corrected chi connectivity index (χ4v) is 2.63. The van der Waals surface area contributed by atoms with Crippen molar-refractivity contribution in [2.24, 2.45) is 5.92 Å². The molecule has 1 unspecified atom stereocenters. The first-order valence-electron chi connectivity index (χ1n) is 7.77. The minimum atomic E-state index is 0.531. The third kappa shape index (κ3) is 4.31. The van der Waals surface area contributed by atoms with Crippen LogP contribution in [-0.2, 0) is 6.42 Å². The molecule has 1 atom stereocenters. The van der Waals surface area contributed by atoms with Crippen molar-refractivity contribution in [3.8, 4) is 0 Å². The molecular formula is C18H26N2. The Kier molecular flexibility index (Phi) is 5.54. The molecule has 1 N–H and O–H groups in total. The fourth-order valence-electron chi connectivity index (χ4n) is 2.63. The largest absolute Gasteiger partial charge is 0.314 e. The van der Waals surface area contributed by atoms with E-state index < -0.39 is 0 Å². The van der Waals surface area contributed by atoms with Gasteiger partial charge < -0.3 is 5.32 Å². The molecule has 108 valence electrons. The van der Waals surface area contributed by atoms with Gasteiger partial charge in [0.05, 0.1) is 5.52 Å². The summed E-state index contributed by atoms with van der Waals surface area (Å²) in [6.07, 6.45) is 3.40. The Bertz CT molecular complexity index is 534. The third-order valence-electron chi connectivity index (χ3n) is 3.55. The van der Waals surface area contributed by atoms with E-state index in [4.69, 9.17) is 4.98 Å². The van der Waals surface area contributed by atoms with Crippen LogP contribution in [-0.4, -0.2) is 17.6 Å². The maximum atomic E-state index is 4.79. The van der Waals surface area contributed by atoms with Crippen LogP contribution in [0, 0.1) is 5.92 Å². The Morgan fingerprint density at radius 1 is 1.10 bits per heavy atom. The summed E-state index contributed by atoms with van der Waals surface area (Å²) in [5.41, 5.74) is 2.29. The van der Waals surface area contributed by atoms with E-state index in [9.17, 15) is 0 Å². The molecule has 0 fully saturated rings. The van der Waals surface area contributed by atoms with Crippen molar-refractivity contribution in [2.75, 3.05) is 6.54 Å². The van der Waals surface area contributed by atoms with Gasteiger partial charge in [0, 0.05) is 23.5 Å². The van der Waals surface area contributed by atoms with Crippen LogP contribution in [0.15, 0.2) is 36.4 Å². The highest BCUT2D eigenvalue weighted by Crippen LogP contribution is 2.15. The maximum absolute atomic E-state index is 4.79. The molecule has 0 saturated heterocycles. The predicted molar refractivity (Wildman–Crippen MR) is 87.0 cm³/mol. The van der Waals surface area contributed by atoms with Gasteiger partial charge in [-0.3, -0.25) is 4.98 Å². The van der Waals surface area contributed by atoms with Gasteiger partial charge in [-0.1, -0.05) is 45.0 Å². The normalized spacial score (nSPS) is 13.0. The number of para-hydroxylation sites is 1. The van der Waals surface area contributed by atoms with Gasteiger partial charge in [-0.25, -0.2) is 0 Å². The second kappa shape index (κ2) is 7.39. The lowest BCUT2D eigenvalue weighted by Gasteiger charge is -2.20. The molecule has 1 aromatic heterocycles. The van der Waals surface area contributed by atoms with Gasteiger partial charge in [-0.05, 0) is 37.4 Å². The highest BCUT2D eigenvalue weighted by atomic mass is 14.9. The molecule has 0 radical (unpaired) electrons. The molecule has 0 saturated carbocycles. The molecular weight excluding hydrogens is 244 g/mol. The zero-order valence-corrected chi connectivity index (χ0v) is 12.9. The number of fused-ring (bicyclic) bond motifs is 1. The van der Waals surface area contributed by atoms with E-state index in [1.165, 1.54) is 23.9 Å². The Hall–Kier alpha value is -1.41. The molecule has 2 rings (SSSR count). The van der Waals surface area contributed by atoms with E-state index in [0.29, 0.717) is 12.0 Å². The Labute approximate surface area is 122 Å². The van der Waals surface area contributed by atoms with Gasteiger partial charge in [-0.2, -0.15) is 0 Å². The topological polar surface area (TPSA) is 24.9 Å². The van der Waals surface area contributed by atoms with E-state index in [2.05, 4.69) is 62.5 Å². The van der Waals surface area contributed by atoms with Gasteiger partial charge in [0.1, 0.15) is 0 Å². The van der Waals surface area contributed by atoms with E-state index in [0.717, 1.165) is 18.5 Å². The van der Waals surface area contributed by atoms with E-state index in [1.807, 2.05) is 0 Å². The SMILES string of the molecule is CCCNC(Cc1ccc2ccccc2n1)CC(C)C. The summed E-state index contributed by atoms with van der Waals surface area (Å²) in [4.78, 5) is 4.79. The van der Waals surface area contributed by atoms with Crippen LogP contribution >= 0.6 is 0 Å². The number of hydrogen-bond donors (Lipinski definition) is 1. The summed E-state index contributed by atoms with van der Waals surface area (Å²) in [6, 6.07) is 13.2. The summed E-state index contributed by atoms with van der Waals surface area (Å²) in [5, 5.41) is 4.88. The molecule has 2 heteroatoms. The average molecular weight is 270 g/mol. The van der Waals surface area contributed by atoms with Crippen molar-refractivity contribution in [1.29, 1.82) is 0 Å². The lowest BCUT2D eigenvalue weighted by atomic mass is 9.99. The van der Waals surface area contributed by atoms with Gasteiger partial charge >= 0.3 is 0 Å². The summed E-state index contributed by atoms with van der Waals surface area (Å²) < 4.78 is 0. The molecule has 0 aliphatic rings. The number of nitrogens with zero attached hydrogens (tertiary/aromatic N) is 1. The molecule has 20 heavy (non-hydrogen) atoms. The van der Waals surface area contributed by atoms with Crippen molar-refractivity contribution in [2.45, 2.75) is 46.1 Å². The highest BCUT2D eigenvalue weighted by Gasteiger charge is 2.12. The monoisotopic (exact) mass is 270 g/mol. The fraction of sp³-hybridized carbons (Fsp3) is 0.500. The summed E-state index contributed by atoms with van der Waals surface area (Å²) >= 11 is 0. The molecule has 1 heterocycles. The quantitative estimate of drug-likeness (QED) is 0.816. The molecule has 0 aliphatic carbocycles. The average Bonchev–Trinajstić information content (AvgIpc) is 2.44. The van der Waals surface area contributed by atoms with Crippen LogP contribution in [0.5, 0.6) is 0 Å². The number of rotatable bonds is 7. The number of hydrogen-bond acceptors (Lipinski definition) is 2. The lowest BCUT2D eigenvalue weighted by Crippen LogP contribution is -2.33. The number of nitrogens with one attached hydrogen (secondary N) is 1. The minimum Gasteiger partial charge on any atom is -0.314 e. The smallest absolute Gasteiger partial charge is 0.0705 e. The van der Waals surface area contributed by atoms with Gasteiger partial charge in [0.15, 0.2) is 0 Å². The maximum Gasteiger partial charge on any atom is 0.0705 e. The first-order valence-corrected chi connectivity index (χ1v) is 7.77. The number of aromatic nitrogens is 1. The molecule has 0 spiro atoms. The summed E-state index contributed by atoms with van der Waals surface area (Å²) in [7, 11) is 0. The number of benzene rings is 1. The van der Waals surface area contributed by atoms with Crippen LogP contribution < -0.4 is 5.32 Å². The minimum absolute atomic E-state index is 0.531. The van der Waals surface area contributed by atoms with Gasteiger partial charge in [-0.15, -0.1) is 0 Å². The van der Waals surface area contributed by atoms with Crippen LogP contribution in [0.1, 0.15) is 39.3 Å². The van der Waals surface area contributed by atoms with Gasteiger partial charge in [0.25, 0.3) is 0 Å². The summed E-state index contributed by atoms with van der Waals surface area (Å²) in [5.74, 6) is 0.713. The van der Waals surface area contributed by atoms with Crippen molar-refractivity contribution < 1.29 is 0 Å². The van der Waals surface area contributed by atoms with Crippen LogP contribution in [0.3, 0.4) is 0 Å². The van der Waals surface area contributed by atoms with E-state index in [-0.39, 0.29) is 0 Å². The van der Waals surface area contributed by atoms with Crippen LogP contribution in [0.2, 0.25) is 0 Å². The van der Waals surface area contributed by atoms with Crippen LogP contribution in [0.25, 0.3) is 10.9 Å². The standard InChI is InChI=1S/C18H26N2/c1-4-11-19-17(12-14(2)3)13-16-10-9-15-7-5-6-8-18(15)20-16/h5-10,14,17,19H,4,11-13H2,1-3H3. The van der Waals surface area contributed by atoms with Crippen molar-refractivity contribution in [3.05, 3.63) is 42.1 Å². The Morgan fingerprint density at radius 3 is 2.65 bits per heavy atom. The van der Waals surface area contributed by atoms with Crippen LogP contribution in [0.4, 0.5) is 0 Å². The molecule has 0 bridgehead atoms. The van der Waals surface area contributed by atoms with Crippen molar-refractivity contribution in [3.63, 3.8) is 0 Å². The summed E-state index contributed by atoms with van der Waals surface area (Å²) in [6.45, 7) is 7.88. The molecule has 1 aromatic carbocycles. The first kappa shape index (κ1) is 15.0. The number of pyridine rings is 1. The molecule has 0 amide bonds. The zero-order valence-electron chi connectivity index (χ0n) is 12.9. The van der Waals surface area contributed by atoms with Gasteiger partial charge in [0.2, 0.25) is 0 Å². The molecule has 2 aromatic rings. The molecule has 0 aliphatic heterocycles. The predicted octanol–water partition coefficient (Wildman–Crippen LogP) is 4.19. The van der Waals surface area contributed by atoms with E-state index in [1.54, 1.807) is 0 Å². The second-order valence-corrected chi connectivity index (χ2v) is 5.98. The van der Waals surface area contributed by atoms with E-state index >= 15 is 0 Å². The zero-order chi connectivity index (χ0) is 14.4. The first-order chi connectivity index (χ1) is 9.69. The Morgan fingerprint density at radius 2 is 1.90 bits per heavy atom. The highest BCUT2D eigenvalue weighted by molar-refractivity contribution is 5.78. The second-order valence-electron chi connectivity index (χ2n) is 5.98. The van der Waals surface area contributed by atoms with Crippen molar-refractivity contribution in [1.82, 2.24) is 10.3 Å².